The van der Waals surface area contributed by atoms with E-state index >= 15 is 0 Å². The molecule has 0 saturated carbocycles. The number of ether oxygens (including phenoxy) is 1. The normalized spacial score (nSPS) is 12.4. The zero-order valence-electron chi connectivity index (χ0n) is 11.9. The average molecular weight is 311 g/mol. The molecule has 0 amide bonds. The molecule has 0 aliphatic rings. The lowest BCUT2D eigenvalue weighted by Crippen LogP contribution is -2.23. The number of halogens is 1. The first-order chi connectivity index (χ1) is 9.63. The van der Waals surface area contributed by atoms with Crippen molar-refractivity contribution in [2.24, 2.45) is 0 Å². The van der Waals surface area contributed by atoms with Gasteiger partial charge in [0.05, 0.1) is 17.8 Å². The van der Waals surface area contributed by atoms with Gasteiger partial charge < -0.3 is 10.1 Å². The summed E-state index contributed by atoms with van der Waals surface area (Å²) in [5.41, 5.74) is 2.17. The predicted octanol–water partition coefficient (Wildman–Crippen LogP) is 4.01. The summed E-state index contributed by atoms with van der Waals surface area (Å²) in [6.07, 6.45) is 0.828. The summed E-state index contributed by atoms with van der Waals surface area (Å²) in [5.74, 6) is 0.854. The van der Waals surface area contributed by atoms with Crippen LogP contribution in [-0.4, -0.2) is 18.6 Å². The van der Waals surface area contributed by atoms with Crippen molar-refractivity contribution < 1.29 is 4.74 Å². The molecule has 1 atom stereocenters. The Morgan fingerprint density at radius 1 is 1.45 bits per heavy atom. The van der Waals surface area contributed by atoms with Crippen molar-refractivity contribution in [3.8, 4) is 5.75 Å². The molecule has 108 valence electrons. The topological polar surface area (TPSA) is 34.2 Å². The van der Waals surface area contributed by atoms with E-state index in [9.17, 15) is 0 Å². The van der Waals surface area contributed by atoms with Crippen molar-refractivity contribution in [2.75, 3.05) is 13.7 Å². The van der Waals surface area contributed by atoms with E-state index in [1.165, 1.54) is 0 Å². The molecule has 0 radical (unpaired) electrons. The summed E-state index contributed by atoms with van der Waals surface area (Å²) in [4.78, 5) is 4.54. The smallest absolute Gasteiger partial charge is 0.123 e. The summed E-state index contributed by atoms with van der Waals surface area (Å²) >= 11 is 7.80. The number of hydrogen-bond donors (Lipinski definition) is 1. The Balaban J connectivity index is 2.30. The SMILES string of the molecule is CCNC(Cc1csc(C)n1)c1cc(Cl)ccc1OC. The molecular formula is C15H19ClN2OS. The first-order valence-electron chi connectivity index (χ1n) is 6.61. The van der Waals surface area contributed by atoms with Crippen LogP contribution in [0.2, 0.25) is 5.02 Å². The monoisotopic (exact) mass is 310 g/mol. The highest BCUT2D eigenvalue weighted by atomic mass is 35.5. The van der Waals surface area contributed by atoms with Gasteiger partial charge in [-0.1, -0.05) is 18.5 Å². The van der Waals surface area contributed by atoms with E-state index in [4.69, 9.17) is 16.3 Å². The summed E-state index contributed by atoms with van der Waals surface area (Å²) < 4.78 is 5.45. The highest BCUT2D eigenvalue weighted by Gasteiger charge is 2.17. The Bertz CT molecular complexity index is 571. The number of nitrogens with one attached hydrogen (secondary N) is 1. The molecule has 20 heavy (non-hydrogen) atoms. The van der Waals surface area contributed by atoms with Gasteiger partial charge >= 0.3 is 0 Å². The predicted molar refractivity (Wildman–Crippen MR) is 85.0 cm³/mol. The van der Waals surface area contributed by atoms with E-state index in [0.717, 1.165) is 40.0 Å². The molecular weight excluding hydrogens is 292 g/mol. The van der Waals surface area contributed by atoms with E-state index in [1.54, 1.807) is 18.4 Å². The van der Waals surface area contributed by atoms with Crippen LogP contribution in [0, 0.1) is 6.92 Å². The first kappa shape index (κ1) is 15.3. The zero-order chi connectivity index (χ0) is 14.5. The first-order valence-corrected chi connectivity index (χ1v) is 7.87. The number of rotatable bonds is 6. The number of methoxy groups -OCH3 is 1. The van der Waals surface area contributed by atoms with E-state index in [0.29, 0.717) is 0 Å². The van der Waals surface area contributed by atoms with Gasteiger partial charge in [-0.15, -0.1) is 11.3 Å². The van der Waals surface area contributed by atoms with E-state index in [2.05, 4.69) is 22.6 Å². The third-order valence-electron chi connectivity index (χ3n) is 3.10. The number of aryl methyl sites for hydroxylation is 1. The molecule has 2 rings (SSSR count). The summed E-state index contributed by atoms with van der Waals surface area (Å²) in [5, 5.41) is 7.40. The molecule has 0 bridgehead atoms. The summed E-state index contributed by atoms with van der Waals surface area (Å²) in [7, 11) is 1.68. The van der Waals surface area contributed by atoms with Crippen LogP contribution in [0.4, 0.5) is 0 Å². The van der Waals surface area contributed by atoms with E-state index in [-0.39, 0.29) is 6.04 Å². The van der Waals surface area contributed by atoms with Gasteiger partial charge in [0.15, 0.2) is 0 Å². The van der Waals surface area contributed by atoms with E-state index < -0.39 is 0 Å². The molecule has 1 aromatic heterocycles. The van der Waals surface area contributed by atoms with Crippen molar-refractivity contribution in [1.82, 2.24) is 10.3 Å². The minimum Gasteiger partial charge on any atom is -0.496 e. The Kier molecular flexibility index (Phi) is 5.40. The van der Waals surface area contributed by atoms with Crippen LogP contribution in [0.1, 0.15) is 29.2 Å². The molecule has 0 fully saturated rings. The molecule has 5 heteroatoms. The fraction of sp³-hybridized carbons (Fsp3) is 0.400. The second kappa shape index (κ2) is 7.07. The quantitative estimate of drug-likeness (QED) is 0.875. The van der Waals surface area contributed by atoms with Crippen molar-refractivity contribution in [2.45, 2.75) is 26.3 Å². The second-order valence-electron chi connectivity index (χ2n) is 4.56. The Morgan fingerprint density at radius 3 is 2.85 bits per heavy atom. The van der Waals surface area contributed by atoms with Gasteiger partial charge in [-0.05, 0) is 31.7 Å². The van der Waals surface area contributed by atoms with Crippen molar-refractivity contribution in [3.63, 3.8) is 0 Å². The zero-order valence-corrected chi connectivity index (χ0v) is 13.5. The van der Waals surface area contributed by atoms with Crippen LogP contribution in [0.25, 0.3) is 0 Å². The van der Waals surface area contributed by atoms with Gasteiger partial charge in [0.1, 0.15) is 5.75 Å². The van der Waals surface area contributed by atoms with Crippen LogP contribution in [-0.2, 0) is 6.42 Å². The van der Waals surface area contributed by atoms with Crippen LogP contribution < -0.4 is 10.1 Å². The molecule has 2 aromatic rings. The fourth-order valence-corrected chi connectivity index (χ4v) is 3.03. The molecule has 0 aliphatic carbocycles. The van der Waals surface area contributed by atoms with Gasteiger partial charge in [-0.3, -0.25) is 0 Å². The number of aromatic nitrogens is 1. The molecule has 0 spiro atoms. The maximum atomic E-state index is 6.13. The molecule has 3 nitrogen and oxygen atoms in total. The number of nitrogens with zero attached hydrogens (tertiary/aromatic N) is 1. The highest BCUT2D eigenvalue weighted by molar-refractivity contribution is 7.09. The maximum Gasteiger partial charge on any atom is 0.123 e. The summed E-state index contributed by atoms with van der Waals surface area (Å²) in [6, 6.07) is 5.87. The van der Waals surface area contributed by atoms with Crippen molar-refractivity contribution >= 4 is 22.9 Å². The van der Waals surface area contributed by atoms with Crippen LogP contribution >= 0.6 is 22.9 Å². The lowest BCUT2D eigenvalue weighted by Gasteiger charge is -2.20. The largest absolute Gasteiger partial charge is 0.496 e. The van der Waals surface area contributed by atoms with Crippen molar-refractivity contribution in [3.05, 3.63) is 44.9 Å². The minimum absolute atomic E-state index is 0.148. The number of likely N-dealkylation sites (N-methyl/N-ethyl adjacent to an activating group) is 1. The number of hydrogen-bond acceptors (Lipinski definition) is 4. The molecule has 1 heterocycles. The standard InChI is InChI=1S/C15H19ClN2OS/c1-4-17-14(8-12-9-20-10(2)18-12)13-7-11(16)5-6-15(13)19-3/h5-7,9,14,17H,4,8H2,1-3H3. The Morgan fingerprint density at radius 2 is 2.25 bits per heavy atom. The molecule has 0 aliphatic heterocycles. The van der Waals surface area contributed by atoms with Gasteiger partial charge in [-0.2, -0.15) is 0 Å². The lowest BCUT2D eigenvalue weighted by molar-refractivity contribution is 0.399. The third kappa shape index (κ3) is 3.72. The Labute approximate surface area is 129 Å². The van der Waals surface area contributed by atoms with E-state index in [1.807, 2.05) is 25.1 Å². The number of thiazole rings is 1. The number of benzene rings is 1. The fourth-order valence-electron chi connectivity index (χ4n) is 2.23. The maximum absolute atomic E-state index is 6.13. The van der Waals surface area contributed by atoms with Gasteiger partial charge in [-0.25, -0.2) is 4.98 Å². The second-order valence-corrected chi connectivity index (χ2v) is 6.06. The minimum atomic E-state index is 0.148. The van der Waals surface area contributed by atoms with Crippen LogP contribution in [0.5, 0.6) is 5.75 Å². The Hall–Kier alpha value is -1.10. The molecule has 1 unspecified atom stereocenters. The van der Waals surface area contributed by atoms with Crippen LogP contribution in [0.15, 0.2) is 23.6 Å². The van der Waals surface area contributed by atoms with Gasteiger partial charge in [0.25, 0.3) is 0 Å². The average Bonchev–Trinajstić information content (AvgIpc) is 2.84. The molecule has 1 N–H and O–H groups in total. The molecule has 0 saturated heterocycles. The third-order valence-corrected chi connectivity index (χ3v) is 4.15. The lowest BCUT2D eigenvalue weighted by atomic mass is 10.0. The van der Waals surface area contributed by atoms with Crippen molar-refractivity contribution in [1.29, 1.82) is 0 Å². The summed E-state index contributed by atoms with van der Waals surface area (Å²) in [6.45, 7) is 5.00. The molecule has 1 aromatic carbocycles. The van der Waals surface area contributed by atoms with Gasteiger partial charge in [0, 0.05) is 28.4 Å². The van der Waals surface area contributed by atoms with Gasteiger partial charge in [0.2, 0.25) is 0 Å². The highest BCUT2D eigenvalue weighted by Crippen LogP contribution is 2.30. The van der Waals surface area contributed by atoms with Crippen LogP contribution in [0.3, 0.4) is 0 Å².